The quantitative estimate of drug-likeness (QED) is 0.884. The van der Waals surface area contributed by atoms with E-state index in [1.807, 2.05) is 6.07 Å². The summed E-state index contributed by atoms with van der Waals surface area (Å²) in [7, 11) is 0. The summed E-state index contributed by atoms with van der Waals surface area (Å²) in [4.78, 5) is 12.6. The molecular formula is C21H31NO3. The molecule has 0 aromatic heterocycles. The van der Waals surface area contributed by atoms with Crippen molar-refractivity contribution < 1.29 is 14.6 Å². The van der Waals surface area contributed by atoms with Crippen LogP contribution in [0.25, 0.3) is 0 Å². The van der Waals surface area contributed by atoms with Gasteiger partial charge in [0.2, 0.25) is 0 Å². The van der Waals surface area contributed by atoms with Gasteiger partial charge in [0, 0.05) is 38.2 Å². The second-order valence-corrected chi connectivity index (χ2v) is 9.05. The lowest BCUT2D eigenvalue weighted by Gasteiger charge is -2.42. The maximum atomic E-state index is 12.6. The van der Waals surface area contributed by atoms with E-state index in [1.165, 1.54) is 11.1 Å². The molecule has 0 radical (unpaired) electrons. The minimum atomic E-state index is -0.844. The van der Waals surface area contributed by atoms with E-state index in [9.17, 15) is 9.90 Å². The Hall–Kier alpha value is -1.39. The predicted octanol–water partition coefficient (Wildman–Crippen LogP) is 3.31. The maximum absolute atomic E-state index is 12.6. The van der Waals surface area contributed by atoms with Gasteiger partial charge in [-0.05, 0) is 46.9 Å². The van der Waals surface area contributed by atoms with Gasteiger partial charge >= 0.3 is 0 Å². The minimum absolute atomic E-state index is 0.0834. The molecule has 2 aliphatic rings. The Morgan fingerprint density at radius 2 is 1.64 bits per heavy atom. The molecule has 3 rings (SSSR count). The van der Waals surface area contributed by atoms with E-state index in [-0.39, 0.29) is 23.3 Å². The van der Waals surface area contributed by atoms with E-state index >= 15 is 0 Å². The molecule has 1 aromatic carbocycles. The highest BCUT2D eigenvalue weighted by Crippen LogP contribution is 2.45. The third kappa shape index (κ3) is 3.75. The SMILES string of the molecule is CC1(C)CCC(C)(C)c2cc(C(=O)NCC3(O)CCOCC3)ccc21. The molecule has 1 saturated heterocycles. The van der Waals surface area contributed by atoms with Gasteiger partial charge in [-0.3, -0.25) is 4.79 Å². The Kier molecular flexibility index (Phi) is 4.71. The molecule has 1 amide bonds. The number of nitrogens with one attached hydrogen (secondary N) is 1. The van der Waals surface area contributed by atoms with E-state index in [0.717, 1.165) is 12.8 Å². The summed E-state index contributed by atoms with van der Waals surface area (Å²) in [6.07, 6.45) is 3.42. The van der Waals surface area contributed by atoms with Crippen LogP contribution >= 0.6 is 0 Å². The molecule has 1 aliphatic heterocycles. The lowest BCUT2D eigenvalue weighted by molar-refractivity contribution is -0.0605. The first-order valence-corrected chi connectivity index (χ1v) is 9.36. The molecule has 1 aliphatic carbocycles. The fourth-order valence-electron chi connectivity index (χ4n) is 4.00. The smallest absolute Gasteiger partial charge is 0.251 e. The first-order valence-electron chi connectivity index (χ1n) is 9.36. The third-order valence-corrected chi connectivity index (χ3v) is 6.12. The van der Waals surface area contributed by atoms with Crippen molar-refractivity contribution >= 4 is 5.91 Å². The number of amides is 1. The van der Waals surface area contributed by atoms with Gasteiger partial charge < -0.3 is 15.2 Å². The summed E-state index contributed by atoms with van der Waals surface area (Å²) in [6.45, 7) is 10.5. The molecule has 2 N–H and O–H groups in total. The van der Waals surface area contributed by atoms with Gasteiger partial charge in [-0.1, -0.05) is 33.8 Å². The zero-order valence-electron chi connectivity index (χ0n) is 15.9. The van der Waals surface area contributed by atoms with Crippen LogP contribution in [0.1, 0.15) is 74.9 Å². The van der Waals surface area contributed by atoms with Gasteiger partial charge in [0.15, 0.2) is 0 Å². The number of hydrogen-bond acceptors (Lipinski definition) is 3. The number of carbonyl (C=O) groups is 1. The van der Waals surface area contributed by atoms with E-state index < -0.39 is 5.60 Å². The number of hydrogen-bond donors (Lipinski definition) is 2. The van der Waals surface area contributed by atoms with Crippen molar-refractivity contribution in [2.45, 2.75) is 69.8 Å². The maximum Gasteiger partial charge on any atom is 0.251 e. The van der Waals surface area contributed by atoms with Crippen LogP contribution in [-0.4, -0.2) is 36.4 Å². The van der Waals surface area contributed by atoms with Crippen molar-refractivity contribution in [2.75, 3.05) is 19.8 Å². The number of carbonyl (C=O) groups excluding carboxylic acids is 1. The van der Waals surface area contributed by atoms with Crippen molar-refractivity contribution in [3.63, 3.8) is 0 Å². The van der Waals surface area contributed by atoms with Crippen LogP contribution in [0.15, 0.2) is 18.2 Å². The molecule has 0 atom stereocenters. The molecule has 4 nitrogen and oxygen atoms in total. The van der Waals surface area contributed by atoms with Gasteiger partial charge in [-0.15, -0.1) is 0 Å². The summed E-state index contributed by atoms with van der Waals surface area (Å²) in [5, 5.41) is 13.4. The van der Waals surface area contributed by atoms with Crippen molar-refractivity contribution in [1.29, 1.82) is 0 Å². The first kappa shape index (κ1) is 18.4. The zero-order valence-corrected chi connectivity index (χ0v) is 15.9. The summed E-state index contributed by atoms with van der Waals surface area (Å²) >= 11 is 0. The number of rotatable bonds is 3. The van der Waals surface area contributed by atoms with E-state index in [1.54, 1.807) is 0 Å². The molecule has 138 valence electrons. The van der Waals surface area contributed by atoms with E-state index in [2.05, 4.69) is 45.1 Å². The van der Waals surface area contributed by atoms with Crippen LogP contribution in [0.2, 0.25) is 0 Å². The van der Waals surface area contributed by atoms with Gasteiger partial charge in [-0.2, -0.15) is 0 Å². The molecule has 25 heavy (non-hydrogen) atoms. The van der Waals surface area contributed by atoms with Crippen LogP contribution in [0.5, 0.6) is 0 Å². The summed E-state index contributed by atoms with van der Waals surface area (Å²) in [5.74, 6) is -0.109. The highest BCUT2D eigenvalue weighted by atomic mass is 16.5. The van der Waals surface area contributed by atoms with Gasteiger partial charge in [-0.25, -0.2) is 0 Å². The molecule has 0 bridgehead atoms. The molecule has 1 aromatic rings. The molecule has 0 unspecified atom stereocenters. The summed E-state index contributed by atoms with van der Waals surface area (Å²) in [6, 6.07) is 6.10. The van der Waals surface area contributed by atoms with Crippen LogP contribution in [0, 0.1) is 0 Å². The molecule has 0 spiro atoms. The highest BCUT2D eigenvalue weighted by molar-refractivity contribution is 5.94. The van der Waals surface area contributed by atoms with E-state index in [0.29, 0.717) is 31.6 Å². The normalized spacial score (nSPS) is 23.6. The predicted molar refractivity (Wildman–Crippen MR) is 99.1 cm³/mol. The number of aliphatic hydroxyl groups is 1. The Balaban J connectivity index is 1.78. The Labute approximate surface area is 151 Å². The molecule has 1 heterocycles. The Morgan fingerprint density at radius 3 is 2.28 bits per heavy atom. The Morgan fingerprint density at radius 1 is 1.04 bits per heavy atom. The van der Waals surface area contributed by atoms with Gasteiger partial charge in [0.1, 0.15) is 0 Å². The van der Waals surface area contributed by atoms with Gasteiger partial charge in [0.25, 0.3) is 5.91 Å². The number of ether oxygens (including phenoxy) is 1. The number of fused-ring (bicyclic) bond motifs is 1. The molecular weight excluding hydrogens is 314 g/mol. The minimum Gasteiger partial charge on any atom is -0.388 e. The topological polar surface area (TPSA) is 58.6 Å². The van der Waals surface area contributed by atoms with Crippen LogP contribution in [0.4, 0.5) is 0 Å². The molecule has 4 heteroatoms. The third-order valence-electron chi connectivity index (χ3n) is 6.12. The van der Waals surface area contributed by atoms with Crippen molar-refractivity contribution in [3.05, 3.63) is 34.9 Å². The zero-order chi connectivity index (χ0) is 18.3. The average molecular weight is 345 g/mol. The molecule has 1 fully saturated rings. The standard InChI is InChI=1S/C21H31NO3/c1-19(2)7-8-20(3,4)17-13-15(5-6-16(17)19)18(23)22-14-21(24)9-11-25-12-10-21/h5-6,13,24H,7-12,14H2,1-4H3,(H,22,23). The fourth-order valence-corrected chi connectivity index (χ4v) is 4.00. The van der Waals surface area contributed by atoms with Gasteiger partial charge in [0.05, 0.1) is 5.60 Å². The highest BCUT2D eigenvalue weighted by Gasteiger charge is 2.37. The van der Waals surface area contributed by atoms with Crippen LogP contribution < -0.4 is 5.32 Å². The lowest BCUT2D eigenvalue weighted by Crippen LogP contribution is -2.46. The Bertz CT molecular complexity index is 657. The monoisotopic (exact) mass is 345 g/mol. The van der Waals surface area contributed by atoms with Crippen LogP contribution in [-0.2, 0) is 15.6 Å². The summed E-state index contributed by atoms with van der Waals surface area (Å²) in [5.41, 5.74) is 2.70. The second-order valence-electron chi connectivity index (χ2n) is 9.05. The second kappa shape index (κ2) is 6.40. The first-order chi connectivity index (χ1) is 11.6. The summed E-state index contributed by atoms with van der Waals surface area (Å²) < 4.78 is 5.29. The number of benzene rings is 1. The van der Waals surface area contributed by atoms with Crippen LogP contribution in [0.3, 0.4) is 0 Å². The van der Waals surface area contributed by atoms with Crippen molar-refractivity contribution in [3.8, 4) is 0 Å². The van der Waals surface area contributed by atoms with Crippen molar-refractivity contribution in [1.82, 2.24) is 5.32 Å². The lowest BCUT2D eigenvalue weighted by atomic mass is 9.63. The van der Waals surface area contributed by atoms with Crippen molar-refractivity contribution in [2.24, 2.45) is 0 Å². The van der Waals surface area contributed by atoms with E-state index in [4.69, 9.17) is 4.74 Å². The fraction of sp³-hybridized carbons (Fsp3) is 0.667. The molecule has 0 saturated carbocycles. The average Bonchev–Trinajstić information content (AvgIpc) is 2.57. The largest absolute Gasteiger partial charge is 0.388 e.